The highest BCUT2D eigenvalue weighted by atomic mass is 16.5. The van der Waals surface area contributed by atoms with Crippen molar-refractivity contribution in [3.05, 3.63) is 83.6 Å². The molecule has 0 atom stereocenters. The number of nitrogens with zero attached hydrogens (tertiary/aromatic N) is 4. The molecule has 0 bridgehead atoms. The zero-order chi connectivity index (χ0) is 25.4. The van der Waals surface area contributed by atoms with E-state index in [0.29, 0.717) is 60.9 Å². The van der Waals surface area contributed by atoms with E-state index in [1.807, 2.05) is 60.7 Å². The molecule has 4 aromatic rings. The number of carbonyl (C=O) groups is 1. The molecule has 0 aliphatic carbocycles. The number of ether oxygens (including phenoxy) is 1. The number of aromatic hydroxyl groups is 1. The average molecular weight is 497 g/mol. The summed E-state index contributed by atoms with van der Waals surface area (Å²) < 4.78 is 12.5. The van der Waals surface area contributed by atoms with Crippen LogP contribution >= 0.6 is 0 Å². The third-order valence-corrected chi connectivity index (χ3v) is 6.63. The van der Waals surface area contributed by atoms with E-state index in [1.54, 1.807) is 12.1 Å². The first kappa shape index (κ1) is 22.8. The Morgan fingerprint density at radius 1 is 0.973 bits per heavy atom. The molecule has 37 heavy (non-hydrogen) atoms. The van der Waals surface area contributed by atoms with Crippen LogP contribution in [0.3, 0.4) is 0 Å². The molecule has 2 aliphatic heterocycles. The van der Waals surface area contributed by atoms with E-state index in [9.17, 15) is 15.0 Å². The van der Waals surface area contributed by atoms with Gasteiger partial charge in [-0.3, -0.25) is 4.90 Å². The minimum Gasteiger partial charge on any atom is -0.504 e. The van der Waals surface area contributed by atoms with Crippen molar-refractivity contribution in [1.29, 1.82) is 0 Å². The van der Waals surface area contributed by atoms with Crippen LogP contribution in [0.1, 0.15) is 16.9 Å². The van der Waals surface area contributed by atoms with Gasteiger partial charge in [0.25, 0.3) is 0 Å². The monoisotopic (exact) mass is 496 g/mol. The van der Waals surface area contributed by atoms with Gasteiger partial charge in [-0.1, -0.05) is 36.4 Å². The summed E-state index contributed by atoms with van der Waals surface area (Å²) in [5.74, 6) is 1.60. The minimum atomic E-state index is -0.908. The molecular weight excluding hydrogens is 472 g/mol. The number of para-hydroxylation sites is 1. The predicted octanol–water partition coefficient (Wildman–Crippen LogP) is 6.32. The molecule has 9 nitrogen and oxygen atoms in total. The Labute approximate surface area is 212 Å². The Morgan fingerprint density at radius 2 is 1.73 bits per heavy atom. The van der Waals surface area contributed by atoms with Crippen LogP contribution in [0.25, 0.3) is 22.7 Å². The fraction of sp³-hybridized carbons (Fsp3) is 0.179. The molecule has 0 spiro atoms. The van der Waals surface area contributed by atoms with Gasteiger partial charge in [0, 0.05) is 44.4 Å². The zero-order valence-corrected chi connectivity index (χ0v) is 19.9. The van der Waals surface area contributed by atoms with E-state index in [2.05, 4.69) is 15.1 Å². The molecule has 3 aromatic carbocycles. The number of hydrogen-bond donors (Lipinski definition) is 2. The third kappa shape index (κ3) is 4.41. The Morgan fingerprint density at radius 3 is 2.51 bits per heavy atom. The Bertz CT molecular complexity index is 1540. The summed E-state index contributed by atoms with van der Waals surface area (Å²) in [5, 5.41) is 29.4. The highest BCUT2D eigenvalue weighted by Crippen LogP contribution is 2.43. The molecule has 2 N–H and O–H groups in total. The second-order valence-electron chi connectivity index (χ2n) is 8.94. The van der Waals surface area contributed by atoms with E-state index in [1.165, 1.54) is 4.90 Å². The molecule has 6 rings (SSSR count). The van der Waals surface area contributed by atoms with Crippen LogP contribution in [0.2, 0.25) is 0 Å². The van der Waals surface area contributed by atoms with Gasteiger partial charge >= 0.3 is 6.09 Å². The van der Waals surface area contributed by atoms with E-state index < -0.39 is 6.09 Å². The second kappa shape index (κ2) is 9.44. The quantitative estimate of drug-likeness (QED) is 0.334. The van der Waals surface area contributed by atoms with E-state index in [0.717, 1.165) is 16.8 Å². The number of hydrogen-bond acceptors (Lipinski definition) is 7. The van der Waals surface area contributed by atoms with Crippen LogP contribution in [0, 0.1) is 0 Å². The maximum absolute atomic E-state index is 11.3. The lowest BCUT2D eigenvalue weighted by atomic mass is 10.1. The van der Waals surface area contributed by atoms with Gasteiger partial charge in [0.05, 0.1) is 22.3 Å². The molecule has 3 heterocycles. The number of benzene rings is 3. The standard InChI is InChI=1S/C28H24N4O5/c33-26-20-10-11-24(36-18-6-2-1-3-7-18)21(17-31-12-14-32(15-13-31)28(34)35)27(20)37-25(26)16-23-19-8-4-5-9-22(19)29-30-23/h1-11,16,33H,12-15,17H2,(H,34,35). The first-order valence-electron chi connectivity index (χ1n) is 12.0. The fourth-order valence-corrected chi connectivity index (χ4v) is 4.65. The van der Waals surface area contributed by atoms with Crippen LogP contribution in [-0.2, 0) is 6.54 Å². The topological polar surface area (TPSA) is 111 Å². The van der Waals surface area contributed by atoms with Crippen molar-refractivity contribution in [1.82, 2.24) is 9.80 Å². The molecule has 1 aromatic heterocycles. The van der Waals surface area contributed by atoms with Gasteiger partial charge in [0.2, 0.25) is 0 Å². The molecule has 1 amide bonds. The van der Waals surface area contributed by atoms with Gasteiger partial charge in [0.1, 0.15) is 17.1 Å². The van der Waals surface area contributed by atoms with E-state index in [-0.39, 0.29) is 11.5 Å². The largest absolute Gasteiger partial charge is 0.504 e. The van der Waals surface area contributed by atoms with Crippen molar-refractivity contribution in [3.63, 3.8) is 0 Å². The molecule has 9 heteroatoms. The van der Waals surface area contributed by atoms with Crippen LogP contribution in [0.15, 0.2) is 81.4 Å². The van der Waals surface area contributed by atoms with Gasteiger partial charge in [-0.25, -0.2) is 4.79 Å². The van der Waals surface area contributed by atoms with Crippen LogP contribution in [0.4, 0.5) is 10.5 Å². The second-order valence-corrected chi connectivity index (χ2v) is 8.94. The maximum atomic E-state index is 11.3. The molecule has 0 unspecified atom stereocenters. The van der Waals surface area contributed by atoms with Crippen LogP contribution < -0.4 is 4.74 Å². The lowest BCUT2D eigenvalue weighted by Gasteiger charge is -2.33. The van der Waals surface area contributed by atoms with Gasteiger partial charge in [0.15, 0.2) is 11.5 Å². The summed E-state index contributed by atoms with van der Waals surface area (Å²) in [5.41, 5.74) is 3.54. The molecule has 1 fully saturated rings. The van der Waals surface area contributed by atoms with Crippen molar-refractivity contribution >= 4 is 34.5 Å². The first-order valence-corrected chi connectivity index (χ1v) is 12.0. The number of carboxylic acid groups (broad SMARTS) is 1. The molecule has 186 valence electrons. The lowest BCUT2D eigenvalue weighted by molar-refractivity contribution is 0.102. The first-order chi connectivity index (χ1) is 18.1. The zero-order valence-electron chi connectivity index (χ0n) is 19.9. The highest BCUT2D eigenvalue weighted by Gasteiger charge is 2.25. The average Bonchev–Trinajstić information content (AvgIpc) is 3.47. The summed E-state index contributed by atoms with van der Waals surface area (Å²) in [7, 11) is 0. The summed E-state index contributed by atoms with van der Waals surface area (Å²) in [6.45, 7) is 2.47. The number of rotatable bonds is 5. The summed E-state index contributed by atoms with van der Waals surface area (Å²) in [4.78, 5) is 14.9. The van der Waals surface area contributed by atoms with Crippen molar-refractivity contribution in [2.24, 2.45) is 10.2 Å². The van der Waals surface area contributed by atoms with Crippen molar-refractivity contribution in [2.45, 2.75) is 6.54 Å². The Hall–Kier alpha value is -4.63. The van der Waals surface area contributed by atoms with Gasteiger partial charge < -0.3 is 24.3 Å². The number of fused-ring (bicyclic) bond motifs is 2. The molecule has 1 saturated heterocycles. The van der Waals surface area contributed by atoms with E-state index >= 15 is 0 Å². The number of furan rings is 1. The molecule has 2 aliphatic rings. The summed E-state index contributed by atoms with van der Waals surface area (Å²) in [6.07, 6.45) is 0.784. The van der Waals surface area contributed by atoms with Crippen LogP contribution in [0.5, 0.6) is 17.2 Å². The van der Waals surface area contributed by atoms with Crippen molar-refractivity contribution in [3.8, 4) is 17.2 Å². The molecular formula is C28H24N4O5. The Balaban J connectivity index is 1.39. The maximum Gasteiger partial charge on any atom is 0.407 e. The number of amides is 1. The number of azo groups is 1. The fourth-order valence-electron chi connectivity index (χ4n) is 4.65. The predicted molar refractivity (Wildman–Crippen MR) is 138 cm³/mol. The highest BCUT2D eigenvalue weighted by molar-refractivity contribution is 5.95. The SMILES string of the molecule is O=C(O)N1CCN(Cc2c(Oc3ccccc3)ccc3c(O)c(C=C4N=Nc5ccccc54)oc23)CC1. The van der Waals surface area contributed by atoms with Gasteiger partial charge in [-0.15, -0.1) is 10.2 Å². The number of piperazine rings is 1. The molecule has 0 radical (unpaired) electrons. The smallest absolute Gasteiger partial charge is 0.407 e. The molecule has 0 saturated carbocycles. The summed E-state index contributed by atoms with van der Waals surface area (Å²) in [6, 6.07) is 20.7. The van der Waals surface area contributed by atoms with Crippen LogP contribution in [-0.4, -0.2) is 52.3 Å². The van der Waals surface area contributed by atoms with Crippen molar-refractivity contribution in [2.75, 3.05) is 26.2 Å². The van der Waals surface area contributed by atoms with Gasteiger partial charge in [-0.05, 0) is 30.3 Å². The Kier molecular flexibility index (Phi) is 5.82. The van der Waals surface area contributed by atoms with Crippen molar-refractivity contribution < 1.29 is 24.2 Å². The minimum absolute atomic E-state index is 0.0188. The van der Waals surface area contributed by atoms with Gasteiger partial charge in [-0.2, -0.15) is 0 Å². The lowest BCUT2D eigenvalue weighted by Crippen LogP contribution is -2.47. The normalized spacial score (nSPS) is 16.4. The van der Waals surface area contributed by atoms with E-state index in [4.69, 9.17) is 9.15 Å². The third-order valence-electron chi connectivity index (χ3n) is 6.63. The summed E-state index contributed by atoms with van der Waals surface area (Å²) >= 11 is 0.